The summed E-state index contributed by atoms with van der Waals surface area (Å²) in [7, 11) is 0. The molecule has 0 spiro atoms. The highest BCUT2D eigenvalue weighted by Gasteiger charge is 1.97. The van der Waals surface area contributed by atoms with Crippen molar-refractivity contribution in [2.75, 3.05) is 12.5 Å². The number of benzene rings is 1. The third-order valence-electron chi connectivity index (χ3n) is 1.54. The molecular weight excluding hydrogens is 200 g/mol. The summed E-state index contributed by atoms with van der Waals surface area (Å²) in [6, 6.07) is 7.54. The Hall–Kier alpha value is -0.890. The molecule has 0 N–H and O–H groups in total. The standard InChI is InChI=1S/C11H15ClO2/c1-9(2)14-11-5-3-10(4-6-11)13-8-7-12/h3-6,9H,7-8H2,1-2H3. The van der Waals surface area contributed by atoms with Crippen LogP contribution in [-0.2, 0) is 0 Å². The number of hydrogen-bond donors (Lipinski definition) is 0. The predicted molar refractivity (Wildman–Crippen MR) is 58.4 cm³/mol. The average Bonchev–Trinajstić information content (AvgIpc) is 2.16. The van der Waals surface area contributed by atoms with Crippen LogP contribution in [0, 0.1) is 0 Å². The molecule has 0 aliphatic rings. The minimum atomic E-state index is 0.199. The van der Waals surface area contributed by atoms with E-state index in [2.05, 4.69) is 0 Å². The molecule has 0 saturated carbocycles. The van der Waals surface area contributed by atoms with Crippen LogP contribution in [0.1, 0.15) is 13.8 Å². The molecule has 1 aromatic carbocycles. The third kappa shape index (κ3) is 3.88. The van der Waals surface area contributed by atoms with Gasteiger partial charge in [0.15, 0.2) is 0 Å². The monoisotopic (exact) mass is 214 g/mol. The van der Waals surface area contributed by atoms with Gasteiger partial charge in [-0.05, 0) is 38.1 Å². The molecule has 0 saturated heterocycles. The fraction of sp³-hybridized carbons (Fsp3) is 0.455. The van der Waals surface area contributed by atoms with Crippen molar-refractivity contribution < 1.29 is 9.47 Å². The maximum Gasteiger partial charge on any atom is 0.119 e. The van der Waals surface area contributed by atoms with Gasteiger partial charge in [-0.3, -0.25) is 0 Å². The Balaban J connectivity index is 2.50. The van der Waals surface area contributed by atoms with Crippen LogP contribution in [0.4, 0.5) is 0 Å². The number of hydrogen-bond acceptors (Lipinski definition) is 2. The first-order valence-corrected chi connectivity index (χ1v) is 5.21. The van der Waals surface area contributed by atoms with Crippen LogP contribution < -0.4 is 9.47 Å². The van der Waals surface area contributed by atoms with Gasteiger partial charge in [0, 0.05) is 0 Å². The number of ether oxygens (including phenoxy) is 2. The second-order valence-electron chi connectivity index (χ2n) is 3.18. The molecule has 1 rings (SSSR count). The molecule has 0 aliphatic heterocycles. The molecule has 14 heavy (non-hydrogen) atoms. The van der Waals surface area contributed by atoms with Gasteiger partial charge in [0.25, 0.3) is 0 Å². The molecular formula is C11H15ClO2. The summed E-state index contributed by atoms with van der Waals surface area (Å²) in [5, 5.41) is 0. The minimum absolute atomic E-state index is 0.199. The van der Waals surface area contributed by atoms with Crippen molar-refractivity contribution in [1.82, 2.24) is 0 Å². The summed E-state index contributed by atoms with van der Waals surface area (Å²) < 4.78 is 10.8. The van der Waals surface area contributed by atoms with E-state index in [4.69, 9.17) is 21.1 Å². The van der Waals surface area contributed by atoms with Gasteiger partial charge in [-0.2, -0.15) is 0 Å². The highest BCUT2D eigenvalue weighted by Crippen LogP contribution is 2.18. The number of halogens is 1. The summed E-state index contributed by atoms with van der Waals surface area (Å²) in [5.41, 5.74) is 0. The fourth-order valence-corrected chi connectivity index (χ4v) is 1.12. The Labute approximate surface area is 89.8 Å². The second kappa shape index (κ2) is 5.76. The highest BCUT2D eigenvalue weighted by molar-refractivity contribution is 6.17. The van der Waals surface area contributed by atoms with Gasteiger partial charge >= 0.3 is 0 Å². The van der Waals surface area contributed by atoms with Crippen molar-refractivity contribution in [3.63, 3.8) is 0 Å². The van der Waals surface area contributed by atoms with Gasteiger partial charge < -0.3 is 9.47 Å². The molecule has 1 aromatic rings. The van der Waals surface area contributed by atoms with Crippen molar-refractivity contribution in [1.29, 1.82) is 0 Å². The SMILES string of the molecule is CC(C)Oc1ccc(OCCCl)cc1. The van der Waals surface area contributed by atoms with E-state index in [1.807, 2.05) is 38.1 Å². The van der Waals surface area contributed by atoms with Crippen LogP contribution in [0.25, 0.3) is 0 Å². The molecule has 0 atom stereocenters. The van der Waals surface area contributed by atoms with Crippen molar-refractivity contribution in [3.05, 3.63) is 24.3 Å². The van der Waals surface area contributed by atoms with Gasteiger partial charge in [0.2, 0.25) is 0 Å². The zero-order valence-corrected chi connectivity index (χ0v) is 9.25. The van der Waals surface area contributed by atoms with E-state index in [-0.39, 0.29) is 6.10 Å². The summed E-state index contributed by atoms with van der Waals surface area (Å²) in [6.45, 7) is 4.53. The van der Waals surface area contributed by atoms with E-state index in [9.17, 15) is 0 Å². The Morgan fingerprint density at radius 1 is 1.14 bits per heavy atom. The molecule has 0 fully saturated rings. The molecule has 0 aliphatic carbocycles. The smallest absolute Gasteiger partial charge is 0.119 e. The molecule has 2 nitrogen and oxygen atoms in total. The van der Waals surface area contributed by atoms with Crippen LogP contribution in [0.3, 0.4) is 0 Å². The molecule has 78 valence electrons. The van der Waals surface area contributed by atoms with Gasteiger partial charge in [-0.25, -0.2) is 0 Å². The van der Waals surface area contributed by atoms with Crippen LogP contribution in [-0.4, -0.2) is 18.6 Å². The van der Waals surface area contributed by atoms with Crippen molar-refractivity contribution in [2.24, 2.45) is 0 Å². The summed E-state index contributed by atoms with van der Waals surface area (Å²) in [5.74, 6) is 2.18. The molecule has 0 heterocycles. The van der Waals surface area contributed by atoms with Crippen LogP contribution >= 0.6 is 11.6 Å². The zero-order chi connectivity index (χ0) is 10.4. The average molecular weight is 215 g/mol. The van der Waals surface area contributed by atoms with Crippen molar-refractivity contribution in [2.45, 2.75) is 20.0 Å². The first kappa shape index (κ1) is 11.2. The lowest BCUT2D eigenvalue weighted by molar-refractivity contribution is 0.242. The Bertz CT molecular complexity index is 256. The van der Waals surface area contributed by atoms with Crippen LogP contribution in [0.2, 0.25) is 0 Å². The Morgan fingerprint density at radius 3 is 2.21 bits per heavy atom. The lowest BCUT2D eigenvalue weighted by Crippen LogP contribution is -2.05. The van der Waals surface area contributed by atoms with E-state index in [1.165, 1.54) is 0 Å². The third-order valence-corrected chi connectivity index (χ3v) is 1.70. The molecule has 0 unspecified atom stereocenters. The maximum absolute atomic E-state index is 5.50. The maximum atomic E-state index is 5.50. The largest absolute Gasteiger partial charge is 0.492 e. The Kier molecular flexibility index (Phi) is 4.60. The van der Waals surface area contributed by atoms with E-state index in [0.29, 0.717) is 12.5 Å². The molecule has 3 heteroatoms. The van der Waals surface area contributed by atoms with Crippen molar-refractivity contribution in [3.8, 4) is 11.5 Å². The van der Waals surface area contributed by atoms with E-state index >= 15 is 0 Å². The predicted octanol–water partition coefficient (Wildman–Crippen LogP) is 3.09. The lowest BCUT2D eigenvalue weighted by atomic mass is 10.3. The quantitative estimate of drug-likeness (QED) is 0.702. The van der Waals surface area contributed by atoms with Gasteiger partial charge in [0.05, 0.1) is 12.0 Å². The van der Waals surface area contributed by atoms with E-state index in [0.717, 1.165) is 11.5 Å². The molecule has 0 amide bonds. The fourth-order valence-electron chi connectivity index (χ4n) is 1.04. The van der Waals surface area contributed by atoms with E-state index in [1.54, 1.807) is 0 Å². The summed E-state index contributed by atoms with van der Waals surface area (Å²) in [4.78, 5) is 0. The first-order valence-electron chi connectivity index (χ1n) is 4.68. The topological polar surface area (TPSA) is 18.5 Å². The van der Waals surface area contributed by atoms with Crippen molar-refractivity contribution >= 4 is 11.6 Å². The van der Waals surface area contributed by atoms with Gasteiger partial charge in [-0.1, -0.05) is 0 Å². The molecule has 0 bridgehead atoms. The number of rotatable bonds is 5. The minimum Gasteiger partial charge on any atom is -0.492 e. The Morgan fingerprint density at radius 2 is 1.71 bits per heavy atom. The summed E-state index contributed by atoms with van der Waals surface area (Å²) >= 11 is 5.50. The lowest BCUT2D eigenvalue weighted by Gasteiger charge is -2.10. The highest BCUT2D eigenvalue weighted by atomic mass is 35.5. The first-order chi connectivity index (χ1) is 6.72. The van der Waals surface area contributed by atoms with Gasteiger partial charge in [0.1, 0.15) is 18.1 Å². The molecule has 0 aromatic heterocycles. The molecule has 0 radical (unpaired) electrons. The second-order valence-corrected chi connectivity index (χ2v) is 3.55. The van der Waals surface area contributed by atoms with E-state index < -0.39 is 0 Å². The summed E-state index contributed by atoms with van der Waals surface area (Å²) in [6.07, 6.45) is 0.199. The number of alkyl halides is 1. The van der Waals surface area contributed by atoms with Gasteiger partial charge in [-0.15, -0.1) is 11.6 Å². The normalized spacial score (nSPS) is 10.3. The van der Waals surface area contributed by atoms with Crippen LogP contribution in [0.5, 0.6) is 11.5 Å². The van der Waals surface area contributed by atoms with Crippen LogP contribution in [0.15, 0.2) is 24.3 Å². The zero-order valence-electron chi connectivity index (χ0n) is 8.50.